The van der Waals surface area contributed by atoms with Gasteiger partial charge in [0, 0.05) is 23.3 Å². The van der Waals surface area contributed by atoms with Crippen molar-refractivity contribution < 1.29 is 19.4 Å². The van der Waals surface area contributed by atoms with Crippen molar-refractivity contribution in [2.75, 3.05) is 13.7 Å². The average Bonchev–Trinajstić information content (AvgIpc) is 2.58. The summed E-state index contributed by atoms with van der Waals surface area (Å²) in [6.45, 7) is -0.138. The van der Waals surface area contributed by atoms with Crippen molar-refractivity contribution in [3.05, 3.63) is 62.6 Å². The van der Waals surface area contributed by atoms with Gasteiger partial charge in [0.05, 0.1) is 5.02 Å². The maximum atomic E-state index is 12.4. The molecule has 0 aliphatic heterocycles. The molecule has 1 N–H and O–H groups in total. The number of halogens is 3. The molecule has 4 nitrogen and oxygen atoms in total. The lowest BCUT2D eigenvalue weighted by Crippen LogP contribution is -2.04. The van der Waals surface area contributed by atoms with E-state index in [1.165, 1.54) is 12.1 Å². The maximum absolute atomic E-state index is 12.4. The van der Waals surface area contributed by atoms with Gasteiger partial charge in [0.15, 0.2) is 12.1 Å². The van der Waals surface area contributed by atoms with Crippen LogP contribution in [0.25, 0.3) is 0 Å². The van der Waals surface area contributed by atoms with Crippen LogP contribution in [0.4, 0.5) is 0 Å². The van der Waals surface area contributed by atoms with Gasteiger partial charge in [-0.1, -0.05) is 34.8 Å². The number of hydrogen-bond acceptors (Lipinski definition) is 4. The number of benzene rings is 2. The second-order valence-electron chi connectivity index (χ2n) is 4.05. The quantitative estimate of drug-likeness (QED) is 0.632. The van der Waals surface area contributed by atoms with Gasteiger partial charge in [-0.05, 0) is 36.4 Å². The third kappa shape index (κ3) is 4.94. The Balaban J connectivity index is 0.00000127. The second kappa shape index (κ2) is 9.53. The Morgan fingerprint density at radius 2 is 1.65 bits per heavy atom. The molecule has 122 valence electrons. The van der Waals surface area contributed by atoms with Crippen LogP contribution in [0.3, 0.4) is 0 Å². The molecule has 7 heteroatoms. The molecule has 0 aliphatic rings. The van der Waals surface area contributed by atoms with E-state index in [9.17, 15) is 9.59 Å². The predicted octanol–water partition coefficient (Wildman–Crippen LogP) is 4.06. The van der Waals surface area contributed by atoms with Crippen molar-refractivity contribution >= 4 is 46.9 Å². The van der Waals surface area contributed by atoms with Gasteiger partial charge in [-0.3, -0.25) is 9.59 Å². The number of carbonyl (C=O) groups excluding carboxylic acids is 2. The molecular formula is C16H13Cl3O4. The predicted molar refractivity (Wildman–Crippen MR) is 91.0 cm³/mol. The van der Waals surface area contributed by atoms with Gasteiger partial charge in [0.25, 0.3) is 0 Å². The first-order chi connectivity index (χ1) is 11.0. The monoisotopic (exact) mass is 374 g/mol. The molecule has 0 aromatic heterocycles. The van der Waals surface area contributed by atoms with Crippen LogP contribution in [0.1, 0.15) is 15.9 Å². The minimum Gasteiger partial charge on any atom is -0.485 e. The van der Waals surface area contributed by atoms with E-state index >= 15 is 0 Å². The van der Waals surface area contributed by atoms with E-state index in [1.807, 2.05) is 0 Å². The normalized spacial score (nSPS) is 9.61. The van der Waals surface area contributed by atoms with Gasteiger partial charge in [-0.15, -0.1) is 0 Å². The Kier molecular flexibility index (Phi) is 8.06. The molecular weight excluding hydrogens is 363 g/mol. The van der Waals surface area contributed by atoms with Gasteiger partial charge in [-0.25, -0.2) is 0 Å². The van der Waals surface area contributed by atoms with E-state index in [1.54, 1.807) is 24.3 Å². The molecule has 0 radical (unpaired) electrons. The van der Waals surface area contributed by atoms with Crippen LogP contribution in [0.5, 0.6) is 5.75 Å². The van der Waals surface area contributed by atoms with Gasteiger partial charge < -0.3 is 9.84 Å². The summed E-state index contributed by atoms with van der Waals surface area (Å²) in [6, 6.07) is 9.45. The summed E-state index contributed by atoms with van der Waals surface area (Å²) in [5.74, 6) is -0.0260. The van der Waals surface area contributed by atoms with Crippen LogP contribution in [0.2, 0.25) is 15.1 Å². The summed E-state index contributed by atoms with van der Waals surface area (Å²) in [7, 11) is 1.00. The highest BCUT2D eigenvalue weighted by molar-refractivity contribution is 6.45. The number of rotatable bonds is 5. The van der Waals surface area contributed by atoms with Gasteiger partial charge >= 0.3 is 0 Å². The first kappa shape index (κ1) is 19.5. The molecule has 0 atom stereocenters. The number of carbonyl (C=O) groups is 2. The summed E-state index contributed by atoms with van der Waals surface area (Å²) in [5, 5.41) is 7.71. The second-order valence-corrected chi connectivity index (χ2v) is 5.25. The smallest absolute Gasteiger partial charge is 0.194 e. The fourth-order valence-electron chi connectivity index (χ4n) is 1.70. The summed E-state index contributed by atoms with van der Waals surface area (Å²) >= 11 is 17.9. The van der Waals surface area contributed by atoms with Crippen molar-refractivity contribution in [2.45, 2.75) is 0 Å². The minimum absolute atomic E-state index is 0.0833. The average molecular weight is 376 g/mol. The summed E-state index contributed by atoms with van der Waals surface area (Å²) in [4.78, 5) is 22.7. The highest BCUT2D eigenvalue weighted by atomic mass is 35.5. The molecule has 0 unspecified atom stereocenters. The Hall–Kier alpha value is -1.59. The van der Waals surface area contributed by atoms with Crippen LogP contribution >= 0.6 is 34.8 Å². The van der Waals surface area contributed by atoms with Crippen molar-refractivity contribution in [3.8, 4) is 5.75 Å². The first-order valence-electron chi connectivity index (χ1n) is 6.34. The molecule has 0 saturated heterocycles. The van der Waals surface area contributed by atoms with Gasteiger partial charge in [0.1, 0.15) is 17.4 Å². The maximum Gasteiger partial charge on any atom is 0.194 e. The SMILES string of the molecule is CO.O=CCOc1ccc(C(=O)c2ccc(Cl)cc2)c(Cl)c1Cl. The van der Waals surface area contributed by atoms with Crippen LogP contribution in [-0.4, -0.2) is 30.9 Å². The van der Waals surface area contributed by atoms with E-state index in [4.69, 9.17) is 44.6 Å². The lowest BCUT2D eigenvalue weighted by Gasteiger charge is -2.10. The third-order valence-electron chi connectivity index (χ3n) is 2.70. The molecule has 0 aliphatic carbocycles. The lowest BCUT2D eigenvalue weighted by atomic mass is 10.0. The largest absolute Gasteiger partial charge is 0.485 e. The highest BCUT2D eigenvalue weighted by Gasteiger charge is 2.18. The standard InChI is InChI=1S/C15H9Cl3O3.CH4O/c16-10-3-1-9(2-4-10)15(20)11-5-6-12(21-8-7-19)14(18)13(11)17;1-2/h1-7H,8H2;2H,1H3. The molecule has 2 aromatic rings. The molecule has 0 amide bonds. The Bertz CT molecular complexity index is 684. The molecule has 2 aromatic carbocycles. The molecule has 0 bridgehead atoms. The van der Waals surface area contributed by atoms with Gasteiger partial charge in [-0.2, -0.15) is 0 Å². The zero-order valence-corrected chi connectivity index (χ0v) is 14.3. The van der Waals surface area contributed by atoms with Crippen molar-refractivity contribution in [1.82, 2.24) is 0 Å². The minimum atomic E-state index is -0.277. The number of ether oxygens (including phenoxy) is 1. The molecule has 0 saturated carbocycles. The molecule has 0 heterocycles. The fraction of sp³-hybridized carbons (Fsp3) is 0.125. The fourth-order valence-corrected chi connectivity index (χ4v) is 2.29. The summed E-state index contributed by atoms with van der Waals surface area (Å²) < 4.78 is 5.11. The van der Waals surface area contributed by atoms with Crippen LogP contribution in [0, 0.1) is 0 Å². The molecule has 23 heavy (non-hydrogen) atoms. The van der Waals surface area contributed by atoms with Crippen LogP contribution < -0.4 is 4.74 Å². The number of aliphatic hydroxyl groups is 1. The summed E-state index contributed by atoms with van der Waals surface area (Å²) in [5.41, 5.74) is 0.696. The van der Waals surface area contributed by atoms with E-state index < -0.39 is 0 Å². The Morgan fingerprint density at radius 3 is 2.22 bits per heavy atom. The zero-order chi connectivity index (χ0) is 17.4. The van der Waals surface area contributed by atoms with Crippen LogP contribution in [-0.2, 0) is 4.79 Å². The molecule has 0 spiro atoms. The van der Waals surface area contributed by atoms with E-state index in [0.717, 1.165) is 7.11 Å². The molecule has 2 rings (SSSR count). The topological polar surface area (TPSA) is 63.6 Å². The number of hydrogen-bond donors (Lipinski definition) is 1. The van der Waals surface area contributed by atoms with Crippen molar-refractivity contribution in [3.63, 3.8) is 0 Å². The zero-order valence-electron chi connectivity index (χ0n) is 12.1. The highest BCUT2D eigenvalue weighted by Crippen LogP contribution is 2.35. The van der Waals surface area contributed by atoms with E-state index in [0.29, 0.717) is 16.9 Å². The first-order valence-corrected chi connectivity index (χ1v) is 7.47. The summed E-state index contributed by atoms with van der Waals surface area (Å²) in [6.07, 6.45) is 0.594. The van der Waals surface area contributed by atoms with Gasteiger partial charge in [0.2, 0.25) is 0 Å². The molecule has 0 fully saturated rings. The van der Waals surface area contributed by atoms with E-state index in [-0.39, 0.29) is 33.7 Å². The lowest BCUT2D eigenvalue weighted by molar-refractivity contribution is -0.109. The van der Waals surface area contributed by atoms with Crippen molar-refractivity contribution in [2.24, 2.45) is 0 Å². The Morgan fingerprint density at radius 1 is 1.04 bits per heavy atom. The number of ketones is 1. The Labute approximate surface area is 148 Å². The number of aldehydes is 1. The van der Waals surface area contributed by atoms with Crippen LogP contribution in [0.15, 0.2) is 36.4 Å². The third-order valence-corrected chi connectivity index (χ3v) is 3.82. The van der Waals surface area contributed by atoms with Crippen molar-refractivity contribution in [1.29, 1.82) is 0 Å². The number of aliphatic hydroxyl groups excluding tert-OH is 1. The van der Waals surface area contributed by atoms with E-state index in [2.05, 4.69) is 0 Å².